The first kappa shape index (κ1) is 20.1. The summed E-state index contributed by atoms with van der Waals surface area (Å²) in [6, 6.07) is 11.6. The Balaban J connectivity index is 1.30. The number of hydrogen-bond acceptors (Lipinski definition) is 7. The number of nitrogens with zero attached hydrogens (tertiary/aromatic N) is 6. The molecule has 0 saturated carbocycles. The molecule has 9 nitrogen and oxygen atoms in total. The zero-order valence-corrected chi connectivity index (χ0v) is 17.5. The average molecular weight is 409 g/mol. The van der Waals surface area contributed by atoms with Crippen LogP contribution in [0, 0.1) is 5.92 Å². The fourth-order valence-electron chi connectivity index (χ4n) is 3.70. The lowest BCUT2D eigenvalue weighted by atomic mass is 9.95. The smallest absolute Gasteiger partial charge is 0.223 e. The van der Waals surface area contributed by atoms with Gasteiger partial charge in [-0.25, -0.2) is 0 Å². The van der Waals surface area contributed by atoms with Gasteiger partial charge in [0, 0.05) is 19.0 Å². The maximum absolute atomic E-state index is 12.8. The maximum atomic E-state index is 12.8. The fraction of sp³-hybridized carbons (Fsp3) is 0.476. The van der Waals surface area contributed by atoms with E-state index in [4.69, 9.17) is 4.74 Å². The van der Waals surface area contributed by atoms with Gasteiger partial charge in [-0.15, -0.1) is 14.8 Å². The van der Waals surface area contributed by atoms with E-state index in [0.717, 1.165) is 43.1 Å². The van der Waals surface area contributed by atoms with E-state index >= 15 is 0 Å². The number of aromatic nitrogens is 5. The van der Waals surface area contributed by atoms with Gasteiger partial charge >= 0.3 is 0 Å². The molecule has 158 valence electrons. The molecule has 0 radical (unpaired) electrons. The highest BCUT2D eigenvalue weighted by molar-refractivity contribution is 5.79. The molecule has 1 aliphatic rings. The van der Waals surface area contributed by atoms with Crippen LogP contribution in [-0.2, 0) is 4.79 Å². The number of hydrogen-bond donors (Lipinski definition) is 1. The van der Waals surface area contributed by atoms with E-state index in [9.17, 15) is 4.79 Å². The molecule has 2 aromatic heterocycles. The lowest BCUT2D eigenvalue weighted by Gasteiger charge is -2.32. The topological polar surface area (TPSA) is 97.5 Å². The Kier molecular flexibility index (Phi) is 5.78. The average Bonchev–Trinajstić information content (AvgIpc) is 3.22. The molecule has 4 rings (SSSR count). The van der Waals surface area contributed by atoms with Gasteiger partial charge in [0.05, 0.1) is 12.1 Å². The van der Waals surface area contributed by atoms with Crippen molar-refractivity contribution in [3.63, 3.8) is 0 Å². The van der Waals surface area contributed by atoms with E-state index in [1.54, 1.807) is 0 Å². The van der Waals surface area contributed by atoms with E-state index < -0.39 is 0 Å². The van der Waals surface area contributed by atoms with Crippen molar-refractivity contribution in [2.75, 3.05) is 18.0 Å². The highest BCUT2D eigenvalue weighted by atomic mass is 16.5. The predicted octanol–water partition coefficient (Wildman–Crippen LogP) is 2.40. The van der Waals surface area contributed by atoms with Crippen molar-refractivity contribution < 1.29 is 9.53 Å². The van der Waals surface area contributed by atoms with Crippen LogP contribution in [0.15, 0.2) is 36.4 Å². The third-order valence-electron chi connectivity index (χ3n) is 5.36. The van der Waals surface area contributed by atoms with Crippen molar-refractivity contribution in [3.8, 4) is 5.75 Å². The summed E-state index contributed by atoms with van der Waals surface area (Å²) in [5.74, 6) is 1.77. The Morgan fingerprint density at radius 2 is 1.83 bits per heavy atom. The maximum Gasteiger partial charge on any atom is 0.223 e. The number of benzene rings is 1. The number of fused-ring (bicyclic) bond motifs is 1. The largest absolute Gasteiger partial charge is 0.491 e. The van der Waals surface area contributed by atoms with Crippen LogP contribution in [0.4, 0.5) is 5.82 Å². The molecule has 1 N–H and O–H groups in total. The molecule has 1 fully saturated rings. The second-order valence-corrected chi connectivity index (χ2v) is 7.95. The Bertz CT molecular complexity index is 994. The lowest BCUT2D eigenvalue weighted by molar-refractivity contribution is -0.126. The van der Waals surface area contributed by atoms with Crippen LogP contribution in [0.25, 0.3) is 5.65 Å². The predicted molar refractivity (Wildman–Crippen MR) is 112 cm³/mol. The van der Waals surface area contributed by atoms with E-state index in [0.29, 0.717) is 5.65 Å². The first-order valence-corrected chi connectivity index (χ1v) is 10.4. The lowest BCUT2D eigenvalue weighted by Crippen LogP contribution is -2.41. The number of anilines is 1. The summed E-state index contributed by atoms with van der Waals surface area (Å²) in [5, 5.41) is 18.9. The van der Waals surface area contributed by atoms with Gasteiger partial charge in [-0.2, -0.15) is 0 Å². The SMILES string of the molecule is CC(C)Oc1ccc(C(C)NC(=O)C2CCN(c3ccc4nnnn4n3)CC2)cc1. The molecule has 1 aromatic carbocycles. The van der Waals surface area contributed by atoms with Crippen molar-refractivity contribution in [3.05, 3.63) is 42.0 Å². The van der Waals surface area contributed by atoms with Gasteiger partial charge < -0.3 is 15.0 Å². The van der Waals surface area contributed by atoms with Gasteiger partial charge in [-0.3, -0.25) is 4.79 Å². The molecule has 1 saturated heterocycles. The van der Waals surface area contributed by atoms with Crippen LogP contribution in [-0.4, -0.2) is 50.4 Å². The molecule has 0 bridgehead atoms. The number of ether oxygens (including phenoxy) is 1. The Morgan fingerprint density at radius 3 is 2.53 bits per heavy atom. The Labute approximate surface area is 175 Å². The minimum Gasteiger partial charge on any atom is -0.491 e. The second-order valence-electron chi connectivity index (χ2n) is 7.95. The second kappa shape index (κ2) is 8.64. The monoisotopic (exact) mass is 409 g/mol. The quantitative estimate of drug-likeness (QED) is 0.668. The summed E-state index contributed by atoms with van der Waals surface area (Å²) in [4.78, 5) is 14.9. The van der Waals surface area contributed by atoms with Crippen molar-refractivity contribution in [1.29, 1.82) is 0 Å². The van der Waals surface area contributed by atoms with Gasteiger partial charge in [0.1, 0.15) is 5.75 Å². The number of rotatable bonds is 6. The number of nitrogens with one attached hydrogen (secondary N) is 1. The van der Waals surface area contributed by atoms with E-state index in [2.05, 4.69) is 30.8 Å². The molecule has 30 heavy (non-hydrogen) atoms. The van der Waals surface area contributed by atoms with Crippen molar-refractivity contribution >= 4 is 17.4 Å². The zero-order chi connectivity index (χ0) is 21.1. The molecule has 9 heteroatoms. The summed E-state index contributed by atoms with van der Waals surface area (Å²) in [5.41, 5.74) is 1.68. The minimum atomic E-state index is -0.0486. The van der Waals surface area contributed by atoms with Gasteiger partial charge in [-0.1, -0.05) is 12.1 Å². The normalized spacial score (nSPS) is 16.1. The standard InChI is InChI=1S/C21H27N7O2/c1-14(2)30-18-6-4-16(5-7-18)15(3)22-21(29)17-10-12-27(13-11-17)20-9-8-19-23-25-26-28(19)24-20/h4-9,14-15,17H,10-13H2,1-3H3,(H,22,29). The molecule has 0 aliphatic carbocycles. The molecular formula is C21H27N7O2. The number of piperidine rings is 1. The molecule has 1 aliphatic heterocycles. The Morgan fingerprint density at radius 1 is 1.10 bits per heavy atom. The summed E-state index contributed by atoms with van der Waals surface area (Å²) >= 11 is 0. The molecule has 3 heterocycles. The molecule has 0 spiro atoms. The Hall–Kier alpha value is -3.23. The molecular weight excluding hydrogens is 382 g/mol. The third-order valence-corrected chi connectivity index (χ3v) is 5.36. The van der Waals surface area contributed by atoms with Crippen molar-refractivity contribution in [1.82, 2.24) is 30.6 Å². The molecule has 1 amide bonds. The van der Waals surface area contributed by atoms with Gasteiger partial charge in [0.15, 0.2) is 11.5 Å². The number of carbonyl (C=O) groups excluding carboxylic acids is 1. The first-order chi connectivity index (χ1) is 14.5. The zero-order valence-electron chi connectivity index (χ0n) is 17.5. The van der Waals surface area contributed by atoms with E-state index in [1.807, 2.05) is 57.2 Å². The molecule has 3 aromatic rings. The summed E-state index contributed by atoms with van der Waals surface area (Å²) in [7, 11) is 0. The highest BCUT2D eigenvalue weighted by Gasteiger charge is 2.27. The van der Waals surface area contributed by atoms with Gasteiger partial charge in [0.25, 0.3) is 0 Å². The van der Waals surface area contributed by atoms with Crippen LogP contribution in [0.2, 0.25) is 0 Å². The first-order valence-electron chi connectivity index (χ1n) is 10.4. The number of amides is 1. The molecule has 1 atom stereocenters. The van der Waals surface area contributed by atoms with Crippen LogP contribution in [0.5, 0.6) is 5.75 Å². The van der Waals surface area contributed by atoms with Crippen molar-refractivity contribution in [2.45, 2.75) is 45.8 Å². The highest BCUT2D eigenvalue weighted by Crippen LogP contribution is 2.24. The number of tetrazole rings is 1. The van der Waals surface area contributed by atoms with Crippen LogP contribution >= 0.6 is 0 Å². The summed E-state index contributed by atoms with van der Waals surface area (Å²) < 4.78 is 7.11. The van der Waals surface area contributed by atoms with Gasteiger partial charge in [0.2, 0.25) is 5.91 Å². The summed E-state index contributed by atoms with van der Waals surface area (Å²) in [6.45, 7) is 7.56. The van der Waals surface area contributed by atoms with Gasteiger partial charge in [-0.05, 0) is 73.9 Å². The summed E-state index contributed by atoms with van der Waals surface area (Å²) in [6.07, 6.45) is 1.72. The fourth-order valence-corrected chi connectivity index (χ4v) is 3.70. The number of carbonyl (C=O) groups is 1. The minimum absolute atomic E-state index is 0.00372. The van der Waals surface area contributed by atoms with Crippen LogP contribution in [0.3, 0.4) is 0 Å². The third kappa shape index (κ3) is 4.50. The van der Waals surface area contributed by atoms with E-state index in [1.165, 1.54) is 4.63 Å². The molecule has 1 unspecified atom stereocenters. The van der Waals surface area contributed by atoms with Crippen molar-refractivity contribution in [2.24, 2.45) is 5.92 Å². The van der Waals surface area contributed by atoms with Crippen LogP contribution < -0.4 is 15.0 Å². The van der Waals surface area contributed by atoms with E-state index in [-0.39, 0.29) is 24.0 Å². The van der Waals surface area contributed by atoms with Crippen LogP contribution in [0.1, 0.15) is 45.2 Å².